The molecule has 0 radical (unpaired) electrons. The Morgan fingerprint density at radius 2 is 1.79 bits per heavy atom. The minimum Gasteiger partial charge on any atom is -0.290 e. The number of rotatable bonds is 0. The fourth-order valence-corrected chi connectivity index (χ4v) is 3.14. The van der Waals surface area contributed by atoms with Gasteiger partial charge in [-0.05, 0) is 44.1 Å². The van der Waals surface area contributed by atoms with Gasteiger partial charge in [0.15, 0.2) is 11.6 Å². The molecule has 2 bridgehead atoms. The van der Waals surface area contributed by atoms with Gasteiger partial charge in [0.2, 0.25) is 0 Å². The van der Waals surface area contributed by atoms with Crippen molar-refractivity contribution in [1.82, 2.24) is 0 Å². The van der Waals surface area contributed by atoms with Crippen LogP contribution in [0.1, 0.15) is 26.2 Å². The molecule has 0 aliphatic heterocycles. The van der Waals surface area contributed by atoms with Crippen molar-refractivity contribution in [3.05, 3.63) is 22.8 Å². The van der Waals surface area contributed by atoms with E-state index in [2.05, 4.69) is 0 Å². The van der Waals surface area contributed by atoms with E-state index in [4.69, 9.17) is 0 Å². The number of allylic oxidation sites excluding steroid dienone is 4. The molecule has 3 aliphatic carbocycles. The lowest BCUT2D eigenvalue weighted by molar-refractivity contribution is -0.116. The fraction of sp³-hybridized carbons (Fsp3) is 0.500. The number of ketones is 2. The lowest BCUT2D eigenvalue weighted by Crippen LogP contribution is -2.22. The van der Waals surface area contributed by atoms with E-state index in [1.807, 2.05) is 0 Å². The van der Waals surface area contributed by atoms with Crippen LogP contribution >= 0.6 is 0 Å². The third-order valence-electron chi connectivity index (χ3n) is 3.76. The van der Waals surface area contributed by atoms with Crippen LogP contribution in [0, 0.1) is 11.8 Å². The minimum absolute atomic E-state index is 0.101. The highest BCUT2D eigenvalue weighted by atomic mass is 16.1. The van der Waals surface area contributed by atoms with Crippen molar-refractivity contribution in [3.63, 3.8) is 0 Å². The van der Waals surface area contributed by atoms with E-state index in [9.17, 15) is 9.59 Å². The SMILES string of the molecule is CC1=CC(=O)C2=C(C1=O)C1CCC2C1. The van der Waals surface area contributed by atoms with Gasteiger partial charge in [0.25, 0.3) is 0 Å². The molecule has 0 aromatic rings. The van der Waals surface area contributed by atoms with Gasteiger partial charge in [-0.25, -0.2) is 0 Å². The standard InChI is InChI=1S/C12H12O2/c1-6-4-9(13)10-7-2-3-8(5-7)11(10)12(6)14/h4,7-8H,2-3,5H2,1H3. The Kier molecular flexibility index (Phi) is 1.42. The van der Waals surface area contributed by atoms with Crippen molar-refractivity contribution in [2.24, 2.45) is 11.8 Å². The Labute approximate surface area is 82.7 Å². The summed E-state index contributed by atoms with van der Waals surface area (Å²) in [6, 6.07) is 0. The van der Waals surface area contributed by atoms with Crippen LogP contribution in [-0.2, 0) is 9.59 Å². The second-order valence-electron chi connectivity index (χ2n) is 4.55. The lowest BCUT2D eigenvalue weighted by Gasteiger charge is -2.20. The highest BCUT2D eigenvalue weighted by Gasteiger charge is 2.45. The molecule has 3 aliphatic rings. The molecule has 72 valence electrons. The molecule has 0 aromatic heterocycles. The average molecular weight is 188 g/mol. The van der Waals surface area contributed by atoms with Crippen LogP contribution in [-0.4, -0.2) is 11.6 Å². The molecule has 0 spiro atoms. The number of carbonyl (C=O) groups is 2. The molecular formula is C12H12O2. The summed E-state index contributed by atoms with van der Waals surface area (Å²) >= 11 is 0. The van der Waals surface area contributed by atoms with E-state index in [-0.39, 0.29) is 11.6 Å². The number of fused-ring (bicyclic) bond motifs is 4. The number of Topliss-reactive ketones (excluding diaryl/α,β-unsaturated/α-hetero) is 1. The zero-order valence-corrected chi connectivity index (χ0v) is 8.17. The lowest BCUT2D eigenvalue weighted by atomic mass is 9.81. The number of hydrogen-bond donors (Lipinski definition) is 0. The second-order valence-corrected chi connectivity index (χ2v) is 4.55. The zero-order valence-electron chi connectivity index (χ0n) is 8.17. The molecule has 2 nitrogen and oxygen atoms in total. The van der Waals surface area contributed by atoms with Crippen molar-refractivity contribution in [1.29, 1.82) is 0 Å². The normalized spacial score (nSPS) is 35.1. The van der Waals surface area contributed by atoms with Gasteiger partial charge in [-0.15, -0.1) is 0 Å². The first-order valence-electron chi connectivity index (χ1n) is 5.20. The largest absolute Gasteiger partial charge is 0.290 e. The van der Waals surface area contributed by atoms with E-state index in [1.165, 1.54) is 6.08 Å². The van der Waals surface area contributed by atoms with E-state index < -0.39 is 0 Å². The summed E-state index contributed by atoms with van der Waals surface area (Å²) in [5.74, 6) is 1.03. The molecule has 2 unspecified atom stereocenters. The summed E-state index contributed by atoms with van der Waals surface area (Å²) < 4.78 is 0. The van der Waals surface area contributed by atoms with Crippen molar-refractivity contribution >= 4 is 11.6 Å². The van der Waals surface area contributed by atoms with Crippen molar-refractivity contribution < 1.29 is 9.59 Å². The first kappa shape index (κ1) is 8.16. The van der Waals surface area contributed by atoms with Crippen molar-refractivity contribution in [3.8, 4) is 0 Å². The molecule has 0 heterocycles. The van der Waals surface area contributed by atoms with Crippen LogP contribution in [0.4, 0.5) is 0 Å². The summed E-state index contributed by atoms with van der Waals surface area (Å²) in [5, 5.41) is 0. The smallest absolute Gasteiger partial charge is 0.185 e. The predicted octanol–water partition coefficient (Wildman–Crippen LogP) is 1.81. The van der Waals surface area contributed by atoms with Gasteiger partial charge in [0.1, 0.15) is 0 Å². The average Bonchev–Trinajstić information content (AvgIpc) is 2.73. The van der Waals surface area contributed by atoms with Gasteiger partial charge >= 0.3 is 0 Å². The van der Waals surface area contributed by atoms with E-state index in [0.29, 0.717) is 17.4 Å². The van der Waals surface area contributed by atoms with Crippen LogP contribution in [0.3, 0.4) is 0 Å². The van der Waals surface area contributed by atoms with Gasteiger partial charge in [0, 0.05) is 16.7 Å². The fourth-order valence-electron chi connectivity index (χ4n) is 3.14. The van der Waals surface area contributed by atoms with Crippen molar-refractivity contribution in [2.45, 2.75) is 26.2 Å². The van der Waals surface area contributed by atoms with Gasteiger partial charge in [-0.3, -0.25) is 9.59 Å². The molecule has 2 atom stereocenters. The molecule has 0 aromatic carbocycles. The summed E-state index contributed by atoms with van der Waals surface area (Å²) in [4.78, 5) is 23.6. The molecule has 0 saturated heterocycles. The van der Waals surface area contributed by atoms with Gasteiger partial charge in [-0.2, -0.15) is 0 Å². The monoisotopic (exact) mass is 188 g/mol. The summed E-state index contributed by atoms with van der Waals surface area (Å²) in [6.45, 7) is 1.75. The van der Waals surface area contributed by atoms with Crippen LogP contribution < -0.4 is 0 Å². The Balaban J connectivity index is 2.16. The summed E-state index contributed by atoms with van der Waals surface area (Å²) in [6.07, 6.45) is 4.77. The van der Waals surface area contributed by atoms with Crippen LogP contribution in [0.2, 0.25) is 0 Å². The molecule has 0 N–H and O–H groups in total. The molecule has 3 rings (SSSR count). The minimum atomic E-state index is 0.101. The van der Waals surface area contributed by atoms with E-state index in [1.54, 1.807) is 6.92 Å². The molecule has 0 amide bonds. The van der Waals surface area contributed by atoms with E-state index in [0.717, 1.165) is 30.4 Å². The number of carbonyl (C=O) groups excluding carboxylic acids is 2. The molecule has 2 heteroatoms. The van der Waals surface area contributed by atoms with Crippen LogP contribution in [0.15, 0.2) is 22.8 Å². The zero-order chi connectivity index (χ0) is 9.87. The van der Waals surface area contributed by atoms with Gasteiger partial charge in [-0.1, -0.05) is 0 Å². The third-order valence-corrected chi connectivity index (χ3v) is 3.76. The Hall–Kier alpha value is -1.18. The van der Waals surface area contributed by atoms with Crippen LogP contribution in [0.25, 0.3) is 0 Å². The van der Waals surface area contributed by atoms with Gasteiger partial charge < -0.3 is 0 Å². The number of hydrogen-bond acceptors (Lipinski definition) is 2. The summed E-state index contributed by atoms with van der Waals surface area (Å²) in [5.41, 5.74) is 2.35. The molecule has 1 fully saturated rings. The molecule has 14 heavy (non-hydrogen) atoms. The topological polar surface area (TPSA) is 34.1 Å². The van der Waals surface area contributed by atoms with Crippen LogP contribution in [0.5, 0.6) is 0 Å². The predicted molar refractivity (Wildman–Crippen MR) is 51.6 cm³/mol. The summed E-state index contributed by atoms with van der Waals surface area (Å²) in [7, 11) is 0. The maximum Gasteiger partial charge on any atom is 0.185 e. The molecule has 1 saturated carbocycles. The highest BCUT2D eigenvalue weighted by Crippen LogP contribution is 2.50. The maximum atomic E-state index is 11.9. The Bertz CT molecular complexity index is 412. The molecular weight excluding hydrogens is 176 g/mol. The quantitative estimate of drug-likeness (QED) is 0.543. The second kappa shape index (κ2) is 2.44. The third kappa shape index (κ3) is 0.813. The van der Waals surface area contributed by atoms with Gasteiger partial charge in [0.05, 0.1) is 0 Å². The van der Waals surface area contributed by atoms with E-state index >= 15 is 0 Å². The Morgan fingerprint density at radius 3 is 2.50 bits per heavy atom. The first-order chi connectivity index (χ1) is 6.68. The van der Waals surface area contributed by atoms with Crippen molar-refractivity contribution in [2.75, 3.05) is 0 Å². The maximum absolute atomic E-state index is 11.9. The Morgan fingerprint density at radius 1 is 1.14 bits per heavy atom. The highest BCUT2D eigenvalue weighted by molar-refractivity contribution is 6.23. The first-order valence-corrected chi connectivity index (χ1v) is 5.20.